The first kappa shape index (κ1) is 16.5. The Morgan fingerprint density at radius 2 is 2.19 bits per heavy atom. The number of amides is 1. The lowest BCUT2D eigenvalue weighted by molar-refractivity contribution is 0.0749. The molecule has 21 heavy (non-hydrogen) atoms. The van der Waals surface area contributed by atoms with Crippen molar-refractivity contribution in [1.29, 1.82) is 0 Å². The summed E-state index contributed by atoms with van der Waals surface area (Å²) in [5.41, 5.74) is 6.40. The lowest BCUT2D eigenvalue weighted by atomic mass is 10.1. The number of halogens is 1. The van der Waals surface area contributed by atoms with Crippen LogP contribution in [0.25, 0.3) is 0 Å². The molecule has 0 spiro atoms. The minimum Gasteiger partial charge on any atom is -0.399 e. The Hall–Kier alpha value is -0.920. The summed E-state index contributed by atoms with van der Waals surface area (Å²) in [7, 11) is -3.32. The average Bonchev–Trinajstić information content (AvgIpc) is 2.45. The number of carbonyl (C=O) groups excluding carboxylic acids is 1. The first-order valence-electron chi connectivity index (χ1n) is 6.51. The molecule has 1 atom stereocenters. The standard InChI is InChI=1S/C13H17ClN2O3S2/c1-2-21(18,19)12-8-20-4-3-16(12)13(17)9-5-10(14)7-11(15)6-9/h5-7,12H,2-4,8,15H2,1H3. The number of nitrogen functional groups attached to an aromatic ring is 1. The fourth-order valence-corrected chi connectivity index (χ4v) is 5.41. The van der Waals surface area contributed by atoms with Crippen LogP contribution < -0.4 is 5.73 Å². The molecule has 5 nitrogen and oxygen atoms in total. The van der Waals surface area contributed by atoms with Gasteiger partial charge in [0.15, 0.2) is 9.84 Å². The van der Waals surface area contributed by atoms with Crippen LogP contribution in [0.5, 0.6) is 0 Å². The number of thioether (sulfide) groups is 1. The van der Waals surface area contributed by atoms with E-state index in [2.05, 4.69) is 0 Å². The molecule has 1 amide bonds. The van der Waals surface area contributed by atoms with Crippen LogP contribution in [0.3, 0.4) is 0 Å². The Bertz CT molecular complexity index is 629. The molecule has 1 aromatic carbocycles. The van der Waals surface area contributed by atoms with Gasteiger partial charge in [-0.2, -0.15) is 11.8 Å². The zero-order valence-electron chi connectivity index (χ0n) is 11.6. The number of benzene rings is 1. The summed E-state index contributed by atoms with van der Waals surface area (Å²) >= 11 is 7.46. The Morgan fingerprint density at radius 3 is 2.81 bits per heavy atom. The highest BCUT2D eigenvalue weighted by molar-refractivity contribution is 8.01. The number of hydrogen-bond acceptors (Lipinski definition) is 5. The monoisotopic (exact) mass is 348 g/mol. The van der Waals surface area contributed by atoms with E-state index in [1.807, 2.05) is 0 Å². The number of nitrogens with zero attached hydrogens (tertiary/aromatic N) is 1. The molecule has 0 saturated carbocycles. The van der Waals surface area contributed by atoms with Crippen LogP contribution >= 0.6 is 23.4 Å². The van der Waals surface area contributed by atoms with Gasteiger partial charge < -0.3 is 10.6 Å². The highest BCUT2D eigenvalue weighted by Crippen LogP contribution is 2.25. The fourth-order valence-electron chi connectivity index (χ4n) is 2.20. The molecule has 1 fully saturated rings. The van der Waals surface area contributed by atoms with Gasteiger partial charge in [0.1, 0.15) is 5.37 Å². The summed E-state index contributed by atoms with van der Waals surface area (Å²) in [6.45, 7) is 1.99. The van der Waals surface area contributed by atoms with Gasteiger partial charge in [-0.1, -0.05) is 18.5 Å². The number of nitrogens with two attached hydrogens (primary N) is 1. The second kappa shape index (κ2) is 6.46. The van der Waals surface area contributed by atoms with Gasteiger partial charge in [-0.15, -0.1) is 0 Å². The maximum Gasteiger partial charge on any atom is 0.255 e. The lowest BCUT2D eigenvalue weighted by Crippen LogP contribution is -2.50. The summed E-state index contributed by atoms with van der Waals surface area (Å²) < 4.78 is 24.4. The third-order valence-electron chi connectivity index (χ3n) is 3.33. The lowest BCUT2D eigenvalue weighted by Gasteiger charge is -2.34. The molecule has 1 saturated heterocycles. The summed E-state index contributed by atoms with van der Waals surface area (Å²) in [4.78, 5) is 14.0. The molecule has 8 heteroatoms. The van der Waals surface area contributed by atoms with Crippen LogP contribution in [0.4, 0.5) is 5.69 Å². The van der Waals surface area contributed by atoms with Gasteiger partial charge in [0.05, 0.1) is 0 Å². The summed E-state index contributed by atoms with van der Waals surface area (Å²) in [6.07, 6.45) is 0. The van der Waals surface area contributed by atoms with E-state index in [-0.39, 0.29) is 11.7 Å². The normalized spacial score (nSPS) is 19.5. The van der Waals surface area contributed by atoms with Crippen LogP contribution in [0.1, 0.15) is 17.3 Å². The molecular weight excluding hydrogens is 332 g/mol. The van der Waals surface area contributed by atoms with Gasteiger partial charge in [-0.3, -0.25) is 4.79 Å². The van der Waals surface area contributed by atoms with Crippen molar-refractivity contribution in [2.45, 2.75) is 12.3 Å². The highest BCUT2D eigenvalue weighted by atomic mass is 35.5. The number of carbonyl (C=O) groups is 1. The van der Waals surface area contributed by atoms with Gasteiger partial charge in [-0.05, 0) is 18.2 Å². The zero-order chi connectivity index (χ0) is 15.6. The summed E-state index contributed by atoms with van der Waals surface area (Å²) in [5, 5.41) is -0.423. The number of sulfone groups is 1. The molecule has 1 aliphatic heterocycles. The van der Waals surface area contributed by atoms with Crippen molar-refractivity contribution >= 4 is 44.8 Å². The largest absolute Gasteiger partial charge is 0.399 e. The molecule has 0 aromatic heterocycles. The Kier molecular flexibility index (Phi) is 5.06. The van der Waals surface area contributed by atoms with Crippen LogP contribution in [-0.4, -0.2) is 48.4 Å². The summed E-state index contributed by atoms with van der Waals surface area (Å²) in [5.74, 6) is 0.793. The van der Waals surface area contributed by atoms with E-state index in [9.17, 15) is 13.2 Å². The Balaban J connectivity index is 2.35. The molecule has 2 rings (SSSR count). The van der Waals surface area contributed by atoms with Crippen LogP contribution in [0.2, 0.25) is 5.02 Å². The number of anilines is 1. The summed E-state index contributed by atoms with van der Waals surface area (Å²) in [6, 6.07) is 4.58. The quantitative estimate of drug-likeness (QED) is 0.843. The van der Waals surface area contributed by atoms with Gasteiger partial charge in [0.2, 0.25) is 0 Å². The molecule has 1 unspecified atom stereocenters. The number of hydrogen-bond donors (Lipinski definition) is 1. The van der Waals surface area contributed by atoms with E-state index < -0.39 is 15.2 Å². The maximum atomic E-state index is 12.6. The highest BCUT2D eigenvalue weighted by Gasteiger charge is 2.36. The first-order chi connectivity index (χ1) is 9.85. The second-order valence-corrected chi connectivity index (χ2v) is 8.79. The predicted molar refractivity (Wildman–Crippen MR) is 87.5 cm³/mol. The van der Waals surface area contributed by atoms with Gasteiger partial charge in [0.25, 0.3) is 5.91 Å². The Labute approximate surface area is 133 Å². The molecule has 116 valence electrons. The van der Waals surface area contributed by atoms with Crippen molar-refractivity contribution in [2.75, 3.05) is 29.5 Å². The van der Waals surface area contributed by atoms with Gasteiger partial charge in [0, 0.05) is 40.1 Å². The van der Waals surface area contributed by atoms with Crippen molar-refractivity contribution in [3.05, 3.63) is 28.8 Å². The van der Waals surface area contributed by atoms with Gasteiger partial charge >= 0.3 is 0 Å². The van der Waals surface area contributed by atoms with Crippen molar-refractivity contribution in [1.82, 2.24) is 4.90 Å². The molecule has 0 radical (unpaired) electrons. The Morgan fingerprint density at radius 1 is 1.48 bits per heavy atom. The number of rotatable bonds is 3. The maximum absolute atomic E-state index is 12.6. The third-order valence-corrected chi connectivity index (χ3v) is 6.84. The van der Waals surface area contributed by atoms with Crippen molar-refractivity contribution < 1.29 is 13.2 Å². The molecule has 0 aliphatic carbocycles. The van der Waals surface area contributed by atoms with E-state index in [4.69, 9.17) is 17.3 Å². The predicted octanol–water partition coefficient (Wildman–Crippen LogP) is 1.87. The molecule has 1 heterocycles. The molecule has 1 aliphatic rings. The van der Waals surface area contributed by atoms with Crippen LogP contribution in [0, 0.1) is 0 Å². The van der Waals surface area contributed by atoms with E-state index in [0.29, 0.717) is 28.6 Å². The van der Waals surface area contributed by atoms with Crippen molar-refractivity contribution in [3.63, 3.8) is 0 Å². The molecule has 1 aromatic rings. The third kappa shape index (κ3) is 3.64. The smallest absolute Gasteiger partial charge is 0.255 e. The minimum absolute atomic E-state index is 0.0136. The fraction of sp³-hybridized carbons (Fsp3) is 0.462. The molecular formula is C13H17ClN2O3S2. The van der Waals surface area contributed by atoms with E-state index >= 15 is 0 Å². The van der Waals surface area contributed by atoms with Crippen LogP contribution in [-0.2, 0) is 9.84 Å². The van der Waals surface area contributed by atoms with E-state index in [1.165, 1.54) is 17.0 Å². The molecule has 2 N–H and O–H groups in total. The van der Waals surface area contributed by atoms with Crippen LogP contribution in [0.15, 0.2) is 18.2 Å². The van der Waals surface area contributed by atoms with Crippen molar-refractivity contribution in [2.24, 2.45) is 0 Å². The average molecular weight is 349 g/mol. The first-order valence-corrected chi connectivity index (χ1v) is 9.76. The zero-order valence-corrected chi connectivity index (χ0v) is 14.0. The molecule has 0 bridgehead atoms. The van der Waals surface area contributed by atoms with Crippen molar-refractivity contribution in [3.8, 4) is 0 Å². The van der Waals surface area contributed by atoms with E-state index in [1.54, 1.807) is 24.8 Å². The second-order valence-electron chi connectivity index (χ2n) is 4.75. The SMILES string of the molecule is CCS(=O)(=O)C1CSCCN1C(=O)c1cc(N)cc(Cl)c1. The minimum atomic E-state index is -3.32. The topological polar surface area (TPSA) is 80.5 Å². The van der Waals surface area contributed by atoms with Gasteiger partial charge in [-0.25, -0.2) is 8.42 Å². The van der Waals surface area contributed by atoms with E-state index in [0.717, 1.165) is 5.75 Å².